The van der Waals surface area contributed by atoms with Crippen LogP contribution in [0.2, 0.25) is 0 Å². The molecule has 1 aromatic rings. The Balaban J connectivity index is 2.96. The van der Waals surface area contributed by atoms with Gasteiger partial charge in [-0.2, -0.15) is 0 Å². The van der Waals surface area contributed by atoms with Crippen LogP contribution in [-0.2, 0) is 0 Å². The summed E-state index contributed by atoms with van der Waals surface area (Å²) in [4.78, 5) is 14.0. The van der Waals surface area contributed by atoms with Crippen LogP contribution < -0.4 is 0 Å². The molecular formula is C13H18BrNO2. The van der Waals surface area contributed by atoms with Crippen molar-refractivity contribution in [2.24, 2.45) is 0 Å². The molecule has 1 N–H and O–H groups in total. The summed E-state index contributed by atoms with van der Waals surface area (Å²) in [6, 6.07) is 5.25. The topological polar surface area (TPSA) is 40.5 Å². The summed E-state index contributed by atoms with van der Waals surface area (Å²) in [7, 11) is 0. The maximum atomic E-state index is 12.2. The lowest BCUT2D eigenvalue weighted by Gasteiger charge is -2.21. The lowest BCUT2D eigenvalue weighted by atomic mass is 10.1. The molecule has 0 heterocycles. The smallest absolute Gasteiger partial charge is 0.257 e. The van der Waals surface area contributed by atoms with E-state index in [1.807, 2.05) is 6.92 Å². The van der Waals surface area contributed by atoms with Gasteiger partial charge in [-0.15, -0.1) is 0 Å². The average Bonchev–Trinajstić information content (AvgIpc) is 2.31. The second kappa shape index (κ2) is 6.64. The number of aromatic hydroxyl groups is 1. The predicted octanol–water partition coefficient (Wildman–Crippen LogP) is 2.95. The number of hydrogen-bond donors (Lipinski definition) is 1. The first kappa shape index (κ1) is 14.0. The van der Waals surface area contributed by atoms with Crippen LogP contribution >= 0.6 is 15.9 Å². The fourth-order valence-corrected chi connectivity index (χ4v) is 2.12. The predicted molar refractivity (Wildman–Crippen MR) is 72.8 cm³/mol. The van der Waals surface area contributed by atoms with Gasteiger partial charge in [0.1, 0.15) is 5.75 Å². The molecule has 1 amide bonds. The molecule has 94 valence electrons. The van der Waals surface area contributed by atoms with Crippen molar-refractivity contribution in [3.8, 4) is 5.75 Å². The summed E-state index contributed by atoms with van der Waals surface area (Å²) >= 11 is 3.34. The van der Waals surface area contributed by atoms with E-state index in [1.165, 1.54) is 0 Å². The summed E-state index contributed by atoms with van der Waals surface area (Å²) < 4.78 is 0. The number of aryl methyl sites for hydroxylation is 1. The Hall–Kier alpha value is -1.03. The standard InChI is InChI=1S/C13H18BrNO2/c1-3-8-15(9-7-14)13(17)11-6-4-5-10(2)12(11)16/h4-6,16H,3,7-9H2,1-2H3. The lowest BCUT2D eigenvalue weighted by molar-refractivity contribution is 0.0763. The average molecular weight is 300 g/mol. The number of carbonyl (C=O) groups excluding carboxylic acids is 1. The number of nitrogens with zero attached hydrogens (tertiary/aromatic N) is 1. The molecule has 0 saturated carbocycles. The zero-order valence-electron chi connectivity index (χ0n) is 10.2. The van der Waals surface area contributed by atoms with E-state index in [9.17, 15) is 9.90 Å². The minimum Gasteiger partial charge on any atom is -0.507 e. The highest BCUT2D eigenvalue weighted by molar-refractivity contribution is 9.09. The molecule has 4 heteroatoms. The summed E-state index contributed by atoms with van der Waals surface area (Å²) in [5, 5.41) is 10.6. The normalized spacial score (nSPS) is 10.3. The van der Waals surface area contributed by atoms with Gasteiger partial charge in [0.15, 0.2) is 0 Å². The van der Waals surface area contributed by atoms with E-state index in [-0.39, 0.29) is 11.7 Å². The van der Waals surface area contributed by atoms with Gasteiger partial charge in [0.05, 0.1) is 5.56 Å². The summed E-state index contributed by atoms with van der Waals surface area (Å²) in [5.74, 6) is -0.0133. The largest absolute Gasteiger partial charge is 0.507 e. The van der Waals surface area contributed by atoms with Crippen LogP contribution in [0.4, 0.5) is 0 Å². The Bertz CT molecular complexity index is 387. The molecule has 0 aliphatic heterocycles. The molecule has 0 spiro atoms. The molecular weight excluding hydrogens is 282 g/mol. The molecule has 0 aliphatic carbocycles. The summed E-state index contributed by atoms with van der Waals surface area (Å²) in [6.07, 6.45) is 0.908. The number of phenolic OH excluding ortho intramolecular Hbond substituents is 1. The van der Waals surface area contributed by atoms with E-state index < -0.39 is 0 Å². The maximum absolute atomic E-state index is 12.2. The van der Waals surface area contributed by atoms with Crippen molar-refractivity contribution in [1.82, 2.24) is 4.90 Å². The van der Waals surface area contributed by atoms with Gasteiger partial charge in [-0.3, -0.25) is 4.79 Å². The summed E-state index contributed by atoms with van der Waals surface area (Å²) in [5.41, 5.74) is 1.12. The second-order valence-electron chi connectivity index (χ2n) is 3.95. The molecule has 1 aromatic carbocycles. The first-order valence-electron chi connectivity index (χ1n) is 5.75. The number of amides is 1. The Kier molecular flexibility index (Phi) is 5.48. The van der Waals surface area contributed by atoms with Crippen molar-refractivity contribution in [2.45, 2.75) is 20.3 Å². The first-order chi connectivity index (χ1) is 8.11. The van der Waals surface area contributed by atoms with Crippen molar-refractivity contribution < 1.29 is 9.90 Å². The molecule has 0 atom stereocenters. The monoisotopic (exact) mass is 299 g/mol. The zero-order chi connectivity index (χ0) is 12.8. The van der Waals surface area contributed by atoms with Gasteiger partial charge in [0.25, 0.3) is 5.91 Å². The van der Waals surface area contributed by atoms with E-state index in [0.717, 1.165) is 17.3 Å². The quantitative estimate of drug-likeness (QED) is 0.849. The molecule has 3 nitrogen and oxygen atoms in total. The van der Waals surface area contributed by atoms with E-state index in [1.54, 1.807) is 30.0 Å². The number of benzene rings is 1. The van der Waals surface area contributed by atoms with Gasteiger partial charge < -0.3 is 10.0 Å². The molecule has 0 radical (unpaired) electrons. The highest BCUT2D eigenvalue weighted by Gasteiger charge is 2.18. The number of halogens is 1. The Morgan fingerprint density at radius 2 is 2.12 bits per heavy atom. The molecule has 0 unspecified atom stereocenters. The number of rotatable bonds is 5. The van der Waals surface area contributed by atoms with E-state index >= 15 is 0 Å². The van der Waals surface area contributed by atoms with Gasteiger partial charge in [0.2, 0.25) is 0 Å². The molecule has 0 saturated heterocycles. The number of alkyl halides is 1. The lowest BCUT2D eigenvalue weighted by Crippen LogP contribution is -2.33. The molecule has 0 aromatic heterocycles. The molecule has 0 fully saturated rings. The molecule has 1 rings (SSSR count). The van der Waals surface area contributed by atoms with Crippen LogP contribution in [0.15, 0.2) is 18.2 Å². The van der Waals surface area contributed by atoms with Crippen LogP contribution in [0.1, 0.15) is 29.3 Å². The first-order valence-corrected chi connectivity index (χ1v) is 6.87. The van der Waals surface area contributed by atoms with Gasteiger partial charge in [-0.05, 0) is 25.0 Å². The van der Waals surface area contributed by atoms with Gasteiger partial charge in [-0.25, -0.2) is 0 Å². The zero-order valence-corrected chi connectivity index (χ0v) is 11.8. The van der Waals surface area contributed by atoms with Crippen molar-refractivity contribution in [3.05, 3.63) is 29.3 Å². The minimum atomic E-state index is -0.104. The number of carbonyl (C=O) groups is 1. The third kappa shape index (κ3) is 3.46. The summed E-state index contributed by atoms with van der Waals surface area (Å²) in [6.45, 7) is 5.18. The Morgan fingerprint density at radius 3 is 2.71 bits per heavy atom. The van der Waals surface area contributed by atoms with Crippen LogP contribution in [0.3, 0.4) is 0 Å². The van der Waals surface area contributed by atoms with E-state index in [0.29, 0.717) is 18.7 Å². The molecule has 0 bridgehead atoms. The fraction of sp³-hybridized carbons (Fsp3) is 0.462. The van der Waals surface area contributed by atoms with E-state index in [4.69, 9.17) is 0 Å². The second-order valence-corrected chi connectivity index (χ2v) is 4.75. The SMILES string of the molecule is CCCN(CCBr)C(=O)c1cccc(C)c1O. The highest BCUT2D eigenvalue weighted by atomic mass is 79.9. The van der Waals surface area contributed by atoms with Gasteiger partial charge in [0, 0.05) is 18.4 Å². The number of para-hydroxylation sites is 1. The van der Waals surface area contributed by atoms with Gasteiger partial charge in [-0.1, -0.05) is 35.0 Å². The Labute approximate surface area is 111 Å². The third-order valence-electron chi connectivity index (χ3n) is 2.60. The highest BCUT2D eigenvalue weighted by Crippen LogP contribution is 2.23. The van der Waals surface area contributed by atoms with Crippen molar-refractivity contribution in [1.29, 1.82) is 0 Å². The van der Waals surface area contributed by atoms with E-state index in [2.05, 4.69) is 15.9 Å². The van der Waals surface area contributed by atoms with Crippen molar-refractivity contribution in [3.63, 3.8) is 0 Å². The van der Waals surface area contributed by atoms with Crippen LogP contribution in [0.25, 0.3) is 0 Å². The Morgan fingerprint density at radius 1 is 1.41 bits per heavy atom. The minimum absolute atomic E-state index is 0.0909. The van der Waals surface area contributed by atoms with Crippen LogP contribution in [0.5, 0.6) is 5.75 Å². The number of phenols is 1. The molecule has 17 heavy (non-hydrogen) atoms. The van der Waals surface area contributed by atoms with Crippen molar-refractivity contribution in [2.75, 3.05) is 18.4 Å². The van der Waals surface area contributed by atoms with Crippen LogP contribution in [0, 0.1) is 6.92 Å². The molecule has 0 aliphatic rings. The number of hydrogen-bond acceptors (Lipinski definition) is 2. The van der Waals surface area contributed by atoms with Gasteiger partial charge >= 0.3 is 0 Å². The van der Waals surface area contributed by atoms with Crippen LogP contribution in [-0.4, -0.2) is 34.3 Å². The maximum Gasteiger partial charge on any atom is 0.257 e. The fourth-order valence-electron chi connectivity index (χ4n) is 1.69. The van der Waals surface area contributed by atoms with Crippen molar-refractivity contribution >= 4 is 21.8 Å². The third-order valence-corrected chi connectivity index (χ3v) is 2.96.